The molecule has 0 unspecified atom stereocenters. The summed E-state index contributed by atoms with van der Waals surface area (Å²) in [5, 5.41) is 0.414. The first-order chi connectivity index (χ1) is 13.6. The molecule has 0 amide bonds. The third-order valence-corrected chi connectivity index (χ3v) is 16.1. The van der Waals surface area contributed by atoms with Gasteiger partial charge in [-0.1, -0.05) is 78.8 Å². The predicted molar refractivity (Wildman–Crippen MR) is 135 cm³/mol. The minimum absolute atomic E-state index is 0.159. The van der Waals surface area contributed by atoms with Crippen molar-refractivity contribution in [1.82, 2.24) is 0 Å². The second-order valence-electron chi connectivity index (χ2n) is 11.8. The SMILES string of the molecule is C[C@H](CO[Si](C)(C)C(C)(C)C)[C@H](CCOCc1ccccc1)O[Si](C)(C)C(C)(C)C. The zero-order valence-electron chi connectivity index (χ0n) is 21.6. The molecule has 1 aromatic carbocycles. The van der Waals surface area contributed by atoms with Gasteiger partial charge in [0.15, 0.2) is 16.6 Å². The fraction of sp³-hybridized carbons (Fsp3) is 0.760. The van der Waals surface area contributed by atoms with E-state index in [1.807, 2.05) is 6.07 Å². The van der Waals surface area contributed by atoms with E-state index in [0.717, 1.165) is 13.0 Å². The minimum Gasteiger partial charge on any atom is -0.416 e. The molecule has 0 saturated carbocycles. The summed E-state index contributed by atoms with van der Waals surface area (Å²) >= 11 is 0. The van der Waals surface area contributed by atoms with E-state index in [4.69, 9.17) is 13.6 Å². The van der Waals surface area contributed by atoms with E-state index in [1.54, 1.807) is 0 Å². The molecule has 0 saturated heterocycles. The van der Waals surface area contributed by atoms with Crippen LogP contribution in [0.25, 0.3) is 0 Å². The first-order valence-corrected chi connectivity index (χ1v) is 17.3. The Morgan fingerprint density at radius 3 is 1.87 bits per heavy atom. The molecule has 0 spiro atoms. The fourth-order valence-electron chi connectivity index (χ4n) is 2.64. The Bertz CT molecular complexity index is 616. The first kappa shape index (κ1) is 27.6. The Morgan fingerprint density at radius 1 is 0.833 bits per heavy atom. The highest BCUT2D eigenvalue weighted by molar-refractivity contribution is 6.74. The highest BCUT2D eigenvalue weighted by atomic mass is 28.4. The molecular formula is C25H48O3Si2. The number of hydrogen-bond donors (Lipinski definition) is 0. The molecule has 174 valence electrons. The van der Waals surface area contributed by atoms with Gasteiger partial charge in [0.1, 0.15) is 0 Å². The van der Waals surface area contributed by atoms with Crippen molar-refractivity contribution in [2.45, 2.75) is 104 Å². The molecule has 0 aromatic heterocycles. The van der Waals surface area contributed by atoms with E-state index in [9.17, 15) is 0 Å². The molecule has 0 aliphatic heterocycles. The van der Waals surface area contributed by atoms with Crippen molar-refractivity contribution in [3.05, 3.63) is 35.9 Å². The molecular weight excluding hydrogens is 404 g/mol. The van der Waals surface area contributed by atoms with E-state index in [1.165, 1.54) is 5.56 Å². The monoisotopic (exact) mass is 452 g/mol. The largest absolute Gasteiger partial charge is 0.416 e. The summed E-state index contributed by atoms with van der Waals surface area (Å²) in [7, 11) is -3.63. The van der Waals surface area contributed by atoms with Crippen molar-refractivity contribution < 1.29 is 13.6 Å². The number of hydrogen-bond acceptors (Lipinski definition) is 3. The molecule has 0 aliphatic carbocycles. The lowest BCUT2D eigenvalue weighted by atomic mass is 10.0. The molecule has 0 radical (unpaired) electrons. The molecule has 1 rings (SSSR count). The maximum Gasteiger partial charge on any atom is 0.192 e. The van der Waals surface area contributed by atoms with Crippen molar-refractivity contribution in [3.63, 3.8) is 0 Å². The summed E-state index contributed by atoms with van der Waals surface area (Å²) < 4.78 is 19.4. The highest BCUT2D eigenvalue weighted by Crippen LogP contribution is 2.40. The van der Waals surface area contributed by atoms with Crippen LogP contribution in [0.2, 0.25) is 36.3 Å². The first-order valence-electron chi connectivity index (χ1n) is 11.5. The lowest BCUT2D eigenvalue weighted by Gasteiger charge is -2.42. The predicted octanol–water partition coefficient (Wildman–Crippen LogP) is 7.64. The molecule has 2 atom stereocenters. The van der Waals surface area contributed by atoms with Gasteiger partial charge in [0, 0.05) is 19.1 Å². The summed E-state index contributed by atoms with van der Waals surface area (Å²) in [6.07, 6.45) is 1.06. The average Bonchev–Trinajstić information content (AvgIpc) is 2.61. The minimum atomic E-state index is -1.87. The van der Waals surface area contributed by atoms with Gasteiger partial charge >= 0.3 is 0 Å². The Kier molecular flexibility index (Phi) is 10.0. The molecule has 0 heterocycles. The van der Waals surface area contributed by atoms with E-state index in [2.05, 4.69) is 98.9 Å². The third kappa shape index (κ3) is 8.58. The number of ether oxygens (including phenoxy) is 1. The average molecular weight is 453 g/mol. The Balaban J connectivity index is 2.76. The topological polar surface area (TPSA) is 27.7 Å². The molecule has 0 fully saturated rings. The maximum atomic E-state index is 6.86. The zero-order chi connectivity index (χ0) is 23.2. The third-order valence-electron chi connectivity index (χ3n) is 7.06. The van der Waals surface area contributed by atoms with Gasteiger partial charge in [-0.2, -0.15) is 0 Å². The van der Waals surface area contributed by atoms with E-state index >= 15 is 0 Å². The van der Waals surface area contributed by atoms with Crippen molar-refractivity contribution in [2.75, 3.05) is 13.2 Å². The van der Waals surface area contributed by atoms with Crippen LogP contribution in [0.1, 0.15) is 60.5 Å². The number of rotatable bonds is 11. The Labute approximate surface area is 189 Å². The molecule has 30 heavy (non-hydrogen) atoms. The lowest BCUT2D eigenvalue weighted by molar-refractivity contribution is 0.0404. The van der Waals surface area contributed by atoms with Gasteiger partial charge in [-0.05, 0) is 48.2 Å². The summed E-state index contributed by atoms with van der Waals surface area (Å²) in [5.41, 5.74) is 1.22. The number of benzene rings is 1. The van der Waals surface area contributed by atoms with Gasteiger partial charge in [0.25, 0.3) is 0 Å². The maximum absolute atomic E-state index is 6.86. The van der Waals surface area contributed by atoms with Gasteiger partial charge in [-0.25, -0.2) is 0 Å². The summed E-state index contributed by atoms with van der Waals surface area (Å²) in [6.45, 7) is 27.5. The summed E-state index contributed by atoms with van der Waals surface area (Å²) in [5.74, 6) is 0.341. The summed E-state index contributed by atoms with van der Waals surface area (Å²) in [4.78, 5) is 0. The van der Waals surface area contributed by atoms with Crippen LogP contribution in [-0.2, 0) is 20.2 Å². The van der Waals surface area contributed by atoms with Gasteiger partial charge in [0.2, 0.25) is 0 Å². The highest BCUT2D eigenvalue weighted by Gasteiger charge is 2.41. The van der Waals surface area contributed by atoms with Crippen molar-refractivity contribution >= 4 is 16.6 Å². The van der Waals surface area contributed by atoms with Crippen molar-refractivity contribution in [2.24, 2.45) is 5.92 Å². The smallest absolute Gasteiger partial charge is 0.192 e. The molecule has 0 aliphatic rings. The van der Waals surface area contributed by atoms with Gasteiger partial charge in [-0.3, -0.25) is 0 Å². The van der Waals surface area contributed by atoms with Gasteiger partial charge in [-0.15, -0.1) is 0 Å². The van der Waals surface area contributed by atoms with Crippen LogP contribution >= 0.6 is 0 Å². The van der Waals surface area contributed by atoms with E-state index < -0.39 is 16.6 Å². The van der Waals surface area contributed by atoms with E-state index in [0.29, 0.717) is 19.1 Å². The Hall–Kier alpha value is -0.466. The van der Waals surface area contributed by atoms with Crippen LogP contribution in [0.3, 0.4) is 0 Å². The standard InChI is InChI=1S/C25H48O3Si2/c1-21(19-27-29(8,9)24(2,3)4)23(28-30(10,11)25(5,6)7)17-18-26-20-22-15-13-12-14-16-22/h12-16,21,23H,17-20H2,1-11H3/t21-,23+/m1/s1. The van der Waals surface area contributed by atoms with Crippen molar-refractivity contribution in [3.8, 4) is 0 Å². The lowest BCUT2D eigenvalue weighted by Crippen LogP contribution is -2.47. The molecule has 0 bridgehead atoms. The van der Waals surface area contributed by atoms with Gasteiger partial charge in [0.05, 0.1) is 12.7 Å². The molecule has 5 heteroatoms. The summed E-state index contributed by atoms with van der Waals surface area (Å²) in [6, 6.07) is 10.4. The second kappa shape index (κ2) is 10.9. The van der Waals surface area contributed by atoms with E-state index in [-0.39, 0.29) is 16.2 Å². The van der Waals surface area contributed by atoms with Gasteiger partial charge < -0.3 is 13.6 Å². The van der Waals surface area contributed by atoms with Crippen LogP contribution in [0.5, 0.6) is 0 Å². The van der Waals surface area contributed by atoms with Crippen LogP contribution in [0.4, 0.5) is 0 Å². The second-order valence-corrected chi connectivity index (χ2v) is 21.4. The van der Waals surface area contributed by atoms with Crippen LogP contribution in [-0.4, -0.2) is 36.0 Å². The quantitative estimate of drug-likeness (QED) is 0.255. The molecule has 1 aromatic rings. The normalized spacial score (nSPS) is 15.8. The van der Waals surface area contributed by atoms with Crippen molar-refractivity contribution in [1.29, 1.82) is 0 Å². The zero-order valence-corrected chi connectivity index (χ0v) is 23.6. The fourth-order valence-corrected chi connectivity index (χ4v) is 5.22. The molecule has 3 nitrogen and oxygen atoms in total. The van der Waals surface area contributed by atoms with Crippen LogP contribution < -0.4 is 0 Å². The molecule has 0 N–H and O–H groups in total. The van der Waals surface area contributed by atoms with Crippen LogP contribution in [0.15, 0.2) is 30.3 Å². The van der Waals surface area contributed by atoms with Crippen LogP contribution in [0, 0.1) is 5.92 Å². The Morgan fingerprint density at radius 2 is 1.37 bits per heavy atom.